The van der Waals surface area contributed by atoms with E-state index in [1.54, 1.807) is 6.07 Å². The van der Waals surface area contributed by atoms with Crippen LogP contribution in [-0.4, -0.2) is 10.3 Å². The summed E-state index contributed by atoms with van der Waals surface area (Å²) in [7, 11) is 0. The Morgan fingerprint density at radius 3 is 3.06 bits per heavy atom. The van der Waals surface area contributed by atoms with Crippen LogP contribution in [0.5, 0.6) is 0 Å². The van der Waals surface area contributed by atoms with Gasteiger partial charge in [0, 0.05) is 11.0 Å². The molecule has 1 N–H and O–H groups in total. The molecule has 0 aliphatic heterocycles. The molecule has 0 saturated heterocycles. The molecule has 1 heterocycles. The van der Waals surface area contributed by atoms with Crippen molar-refractivity contribution >= 4 is 26.7 Å². The molecule has 0 radical (unpaired) electrons. The van der Waals surface area contributed by atoms with Crippen LogP contribution in [0.1, 0.15) is 17.7 Å². The predicted octanol–water partition coefficient (Wildman–Crippen LogP) is 3.17. The highest BCUT2D eigenvalue weighted by molar-refractivity contribution is 9.09. The van der Waals surface area contributed by atoms with Gasteiger partial charge in [-0.2, -0.15) is 0 Å². The van der Waals surface area contributed by atoms with Crippen molar-refractivity contribution in [2.24, 2.45) is 5.92 Å². The summed E-state index contributed by atoms with van der Waals surface area (Å²) in [5.41, 5.74) is 1.78. The molecule has 1 aromatic carbocycles. The molecule has 1 aliphatic rings. The molecular weight excluding hydrogens is 297 g/mol. The SMILES string of the molecule is O=c1[nH]c2c(c3cccc(F)c13)CCC(CBr)C2. The molecule has 0 spiro atoms. The lowest BCUT2D eigenvalue weighted by molar-refractivity contribution is 0.504. The number of fused-ring (bicyclic) bond motifs is 3. The van der Waals surface area contributed by atoms with E-state index in [0.29, 0.717) is 5.92 Å². The third-order valence-electron chi connectivity index (χ3n) is 3.71. The summed E-state index contributed by atoms with van der Waals surface area (Å²) in [4.78, 5) is 14.8. The first-order chi connectivity index (χ1) is 8.70. The van der Waals surface area contributed by atoms with E-state index < -0.39 is 5.82 Å². The number of H-pyrrole nitrogens is 1. The lowest BCUT2D eigenvalue weighted by Crippen LogP contribution is -2.22. The van der Waals surface area contributed by atoms with Crippen LogP contribution in [0, 0.1) is 11.7 Å². The predicted molar refractivity (Wildman–Crippen MR) is 73.8 cm³/mol. The molecule has 0 fully saturated rings. The van der Waals surface area contributed by atoms with Gasteiger partial charge < -0.3 is 4.98 Å². The minimum Gasteiger partial charge on any atom is -0.325 e. The molecule has 1 aromatic heterocycles. The molecule has 1 atom stereocenters. The van der Waals surface area contributed by atoms with E-state index in [0.717, 1.165) is 41.2 Å². The Bertz CT molecular complexity index is 665. The second-order valence-electron chi connectivity index (χ2n) is 4.84. The van der Waals surface area contributed by atoms with Crippen molar-refractivity contribution in [3.05, 3.63) is 45.6 Å². The van der Waals surface area contributed by atoms with Gasteiger partial charge in [0.1, 0.15) is 5.82 Å². The Labute approximate surface area is 112 Å². The normalized spacial score (nSPS) is 18.9. The quantitative estimate of drug-likeness (QED) is 0.806. The number of aromatic nitrogens is 1. The number of alkyl halides is 1. The molecule has 2 aromatic rings. The lowest BCUT2D eigenvalue weighted by atomic mass is 9.86. The van der Waals surface area contributed by atoms with E-state index >= 15 is 0 Å². The number of aromatic amines is 1. The summed E-state index contributed by atoms with van der Waals surface area (Å²) in [6.07, 6.45) is 2.85. The Kier molecular flexibility index (Phi) is 2.98. The van der Waals surface area contributed by atoms with E-state index in [1.807, 2.05) is 6.07 Å². The van der Waals surface area contributed by atoms with E-state index in [-0.39, 0.29) is 10.9 Å². The Hall–Kier alpha value is -1.16. The first-order valence-corrected chi connectivity index (χ1v) is 7.21. The molecule has 0 bridgehead atoms. The summed E-state index contributed by atoms with van der Waals surface area (Å²) < 4.78 is 13.7. The number of hydrogen-bond acceptors (Lipinski definition) is 1. The van der Waals surface area contributed by atoms with Gasteiger partial charge in [-0.3, -0.25) is 4.79 Å². The van der Waals surface area contributed by atoms with Crippen LogP contribution in [0.25, 0.3) is 10.8 Å². The van der Waals surface area contributed by atoms with Gasteiger partial charge >= 0.3 is 0 Å². The van der Waals surface area contributed by atoms with Crippen LogP contribution < -0.4 is 5.56 Å². The molecule has 3 rings (SSSR count). The lowest BCUT2D eigenvalue weighted by Gasteiger charge is -2.23. The number of benzene rings is 1. The fourth-order valence-corrected chi connectivity index (χ4v) is 3.33. The van der Waals surface area contributed by atoms with Gasteiger partial charge in [0.25, 0.3) is 5.56 Å². The standard InChI is InChI=1S/C14H13BrFNO/c15-7-8-4-5-9-10-2-1-3-11(16)13(10)14(18)17-12(9)6-8/h1-3,8H,4-7H2,(H,17,18). The summed E-state index contributed by atoms with van der Waals surface area (Å²) in [5, 5.41) is 1.92. The number of halogens is 2. The minimum atomic E-state index is -0.431. The fraction of sp³-hybridized carbons (Fsp3) is 0.357. The first-order valence-electron chi connectivity index (χ1n) is 6.09. The molecule has 94 valence electrons. The van der Waals surface area contributed by atoms with Gasteiger partial charge in [-0.05, 0) is 42.2 Å². The van der Waals surface area contributed by atoms with E-state index in [4.69, 9.17) is 0 Å². The average molecular weight is 310 g/mol. The number of hydrogen-bond donors (Lipinski definition) is 1. The largest absolute Gasteiger partial charge is 0.325 e. The van der Waals surface area contributed by atoms with Crippen LogP contribution in [0.3, 0.4) is 0 Å². The van der Waals surface area contributed by atoms with Crippen molar-refractivity contribution in [3.63, 3.8) is 0 Å². The maximum absolute atomic E-state index is 13.7. The van der Waals surface area contributed by atoms with E-state index in [2.05, 4.69) is 20.9 Å². The molecule has 1 unspecified atom stereocenters. The average Bonchev–Trinajstić information content (AvgIpc) is 2.38. The summed E-state index contributed by atoms with van der Waals surface area (Å²) in [5.74, 6) is 0.123. The van der Waals surface area contributed by atoms with Crippen LogP contribution in [-0.2, 0) is 12.8 Å². The number of aryl methyl sites for hydroxylation is 1. The smallest absolute Gasteiger partial charge is 0.259 e. The fourth-order valence-electron chi connectivity index (χ4n) is 2.77. The molecule has 1 aliphatic carbocycles. The van der Waals surface area contributed by atoms with Crippen molar-refractivity contribution in [1.29, 1.82) is 0 Å². The monoisotopic (exact) mass is 309 g/mol. The highest BCUT2D eigenvalue weighted by Gasteiger charge is 2.22. The highest BCUT2D eigenvalue weighted by atomic mass is 79.9. The van der Waals surface area contributed by atoms with Crippen LogP contribution in [0.15, 0.2) is 23.0 Å². The van der Waals surface area contributed by atoms with Gasteiger partial charge in [0.2, 0.25) is 0 Å². The zero-order valence-electron chi connectivity index (χ0n) is 9.80. The first kappa shape index (κ1) is 11.9. The zero-order chi connectivity index (χ0) is 12.7. The van der Waals surface area contributed by atoms with Gasteiger partial charge in [-0.25, -0.2) is 4.39 Å². The van der Waals surface area contributed by atoms with Crippen molar-refractivity contribution in [1.82, 2.24) is 4.98 Å². The van der Waals surface area contributed by atoms with Crippen molar-refractivity contribution < 1.29 is 4.39 Å². The summed E-state index contributed by atoms with van der Waals surface area (Å²) in [6.45, 7) is 0. The molecule has 18 heavy (non-hydrogen) atoms. The van der Waals surface area contributed by atoms with Gasteiger partial charge in [0.05, 0.1) is 5.39 Å². The zero-order valence-corrected chi connectivity index (χ0v) is 11.4. The Morgan fingerprint density at radius 1 is 1.44 bits per heavy atom. The topological polar surface area (TPSA) is 32.9 Å². The highest BCUT2D eigenvalue weighted by Crippen LogP contribution is 2.29. The summed E-state index contributed by atoms with van der Waals surface area (Å²) >= 11 is 3.49. The number of pyridine rings is 1. The van der Waals surface area contributed by atoms with E-state index in [9.17, 15) is 9.18 Å². The van der Waals surface area contributed by atoms with Crippen LogP contribution in [0.4, 0.5) is 4.39 Å². The third kappa shape index (κ3) is 1.79. The van der Waals surface area contributed by atoms with Crippen molar-refractivity contribution in [3.8, 4) is 0 Å². The van der Waals surface area contributed by atoms with Crippen LogP contribution >= 0.6 is 15.9 Å². The molecule has 2 nitrogen and oxygen atoms in total. The van der Waals surface area contributed by atoms with Gasteiger partial charge in [-0.15, -0.1) is 0 Å². The molecule has 4 heteroatoms. The van der Waals surface area contributed by atoms with Crippen molar-refractivity contribution in [2.45, 2.75) is 19.3 Å². The van der Waals surface area contributed by atoms with Gasteiger partial charge in [-0.1, -0.05) is 28.1 Å². The van der Waals surface area contributed by atoms with Gasteiger partial charge in [0.15, 0.2) is 0 Å². The van der Waals surface area contributed by atoms with Crippen LogP contribution in [0.2, 0.25) is 0 Å². The molecule has 0 amide bonds. The van der Waals surface area contributed by atoms with E-state index in [1.165, 1.54) is 6.07 Å². The summed E-state index contributed by atoms with van der Waals surface area (Å²) in [6, 6.07) is 4.86. The molecular formula is C14H13BrFNO. The maximum Gasteiger partial charge on any atom is 0.259 e. The minimum absolute atomic E-state index is 0.202. The Balaban J connectivity index is 2.28. The second-order valence-corrected chi connectivity index (χ2v) is 5.48. The Morgan fingerprint density at radius 2 is 2.28 bits per heavy atom. The number of rotatable bonds is 1. The third-order valence-corrected chi connectivity index (χ3v) is 4.62. The second kappa shape index (κ2) is 4.50. The maximum atomic E-state index is 13.7. The number of nitrogens with one attached hydrogen (secondary N) is 1. The van der Waals surface area contributed by atoms with Crippen molar-refractivity contribution in [2.75, 3.05) is 5.33 Å². The molecule has 0 saturated carbocycles.